The van der Waals surface area contributed by atoms with Gasteiger partial charge < -0.3 is 15.1 Å². The summed E-state index contributed by atoms with van der Waals surface area (Å²) >= 11 is 0. The van der Waals surface area contributed by atoms with Crippen LogP contribution in [0.5, 0.6) is 0 Å². The molecule has 0 saturated carbocycles. The highest BCUT2D eigenvalue weighted by Crippen LogP contribution is 2.22. The van der Waals surface area contributed by atoms with Crippen molar-refractivity contribution in [2.24, 2.45) is 0 Å². The van der Waals surface area contributed by atoms with Gasteiger partial charge in [-0.2, -0.15) is 0 Å². The fraction of sp³-hybridized carbons (Fsp3) is 0.417. The molecule has 6 nitrogen and oxygen atoms in total. The maximum Gasteiger partial charge on any atom is 0.251 e. The van der Waals surface area contributed by atoms with E-state index >= 15 is 0 Å². The Hall–Kier alpha value is -2.70. The molecule has 2 aliphatic rings. The molecule has 0 aliphatic carbocycles. The van der Waals surface area contributed by atoms with Gasteiger partial charge in [-0.3, -0.25) is 14.5 Å². The summed E-state index contributed by atoms with van der Waals surface area (Å²) in [6, 6.07) is 15.8. The predicted molar refractivity (Wildman–Crippen MR) is 118 cm³/mol. The number of anilines is 1. The Morgan fingerprint density at radius 3 is 2.50 bits per heavy atom. The Balaban J connectivity index is 1.34. The van der Waals surface area contributed by atoms with Crippen molar-refractivity contribution < 1.29 is 9.59 Å². The molecule has 4 rings (SSSR count). The van der Waals surface area contributed by atoms with E-state index in [0.717, 1.165) is 56.9 Å². The van der Waals surface area contributed by atoms with Crippen LogP contribution in [0, 0.1) is 0 Å². The highest BCUT2D eigenvalue weighted by atomic mass is 16.2. The largest absolute Gasteiger partial charge is 0.348 e. The van der Waals surface area contributed by atoms with E-state index in [4.69, 9.17) is 0 Å². The van der Waals surface area contributed by atoms with Crippen LogP contribution in [0.3, 0.4) is 0 Å². The first-order valence-corrected chi connectivity index (χ1v) is 10.8. The van der Waals surface area contributed by atoms with Crippen LogP contribution in [-0.4, -0.2) is 61.4 Å². The number of hydrogen-bond donors (Lipinski definition) is 1. The number of carbonyl (C=O) groups excluding carboxylic acids is 2. The van der Waals surface area contributed by atoms with Gasteiger partial charge in [0.05, 0.1) is 0 Å². The Morgan fingerprint density at radius 2 is 1.73 bits per heavy atom. The molecule has 0 aromatic heterocycles. The lowest BCUT2D eigenvalue weighted by atomic mass is 10.1. The van der Waals surface area contributed by atoms with Crippen molar-refractivity contribution in [2.45, 2.75) is 25.9 Å². The Labute approximate surface area is 178 Å². The minimum atomic E-state index is -0.118. The van der Waals surface area contributed by atoms with E-state index in [0.29, 0.717) is 18.5 Å². The third-order valence-electron chi connectivity index (χ3n) is 5.94. The molecule has 0 radical (unpaired) electrons. The molecule has 2 fully saturated rings. The third kappa shape index (κ3) is 5.07. The monoisotopic (exact) mass is 406 g/mol. The molecule has 2 aromatic carbocycles. The number of carbonyl (C=O) groups is 2. The first kappa shape index (κ1) is 20.6. The molecule has 158 valence electrons. The van der Waals surface area contributed by atoms with Crippen molar-refractivity contribution in [1.29, 1.82) is 0 Å². The Morgan fingerprint density at radius 1 is 0.967 bits per heavy atom. The summed E-state index contributed by atoms with van der Waals surface area (Å²) in [5, 5.41) is 3.02. The van der Waals surface area contributed by atoms with Gasteiger partial charge in [0, 0.05) is 63.5 Å². The smallest absolute Gasteiger partial charge is 0.251 e. The fourth-order valence-corrected chi connectivity index (χ4v) is 4.12. The molecule has 2 heterocycles. The highest BCUT2D eigenvalue weighted by molar-refractivity contribution is 5.99. The van der Waals surface area contributed by atoms with Crippen molar-refractivity contribution in [2.75, 3.05) is 44.7 Å². The minimum Gasteiger partial charge on any atom is -0.348 e. The van der Waals surface area contributed by atoms with Crippen molar-refractivity contribution in [1.82, 2.24) is 15.1 Å². The summed E-state index contributed by atoms with van der Waals surface area (Å²) in [5.41, 5.74) is 3.77. The average Bonchev–Trinajstić information content (AvgIpc) is 3.20. The standard InChI is InChI=1S/C24H30N4O2/c1-26-11-13-27(14-12-26)18-20-6-2-5-19(15-20)17-25-24(30)21-7-3-8-22(16-21)28-10-4-9-23(28)29/h2-3,5-8,15-16H,4,9-14,17-18H2,1H3,(H,25,30). The molecule has 0 atom stereocenters. The van der Waals surface area contributed by atoms with Crippen LogP contribution < -0.4 is 10.2 Å². The maximum atomic E-state index is 12.7. The Kier molecular flexibility index (Phi) is 6.45. The zero-order valence-electron chi connectivity index (χ0n) is 17.6. The first-order valence-electron chi connectivity index (χ1n) is 10.8. The zero-order valence-corrected chi connectivity index (χ0v) is 17.6. The van der Waals surface area contributed by atoms with Gasteiger partial charge in [-0.1, -0.05) is 30.3 Å². The zero-order chi connectivity index (χ0) is 20.9. The topological polar surface area (TPSA) is 55.9 Å². The van der Waals surface area contributed by atoms with Crippen LogP contribution in [0.15, 0.2) is 48.5 Å². The molecule has 6 heteroatoms. The van der Waals surface area contributed by atoms with Gasteiger partial charge in [-0.25, -0.2) is 0 Å². The molecule has 2 aliphatic heterocycles. The number of likely N-dealkylation sites (N-methyl/N-ethyl adjacent to an activating group) is 1. The molecule has 2 saturated heterocycles. The summed E-state index contributed by atoms with van der Waals surface area (Å²) in [5.74, 6) is 0.0118. The van der Waals surface area contributed by atoms with E-state index in [1.807, 2.05) is 24.3 Å². The fourth-order valence-electron chi connectivity index (χ4n) is 4.12. The van der Waals surface area contributed by atoms with E-state index in [2.05, 4.69) is 40.4 Å². The van der Waals surface area contributed by atoms with Gasteiger partial charge in [0.1, 0.15) is 0 Å². The van der Waals surface area contributed by atoms with E-state index < -0.39 is 0 Å². The van der Waals surface area contributed by atoms with Crippen LogP contribution in [0.25, 0.3) is 0 Å². The van der Waals surface area contributed by atoms with Crippen molar-refractivity contribution >= 4 is 17.5 Å². The molecule has 0 unspecified atom stereocenters. The number of benzene rings is 2. The van der Waals surface area contributed by atoms with Gasteiger partial charge in [0.25, 0.3) is 5.91 Å². The first-order chi connectivity index (χ1) is 14.6. The highest BCUT2D eigenvalue weighted by Gasteiger charge is 2.22. The van der Waals surface area contributed by atoms with E-state index in [1.54, 1.807) is 11.0 Å². The molecular formula is C24H30N4O2. The van der Waals surface area contributed by atoms with Gasteiger partial charge in [0.15, 0.2) is 0 Å². The quantitative estimate of drug-likeness (QED) is 0.801. The molecule has 0 bridgehead atoms. The summed E-state index contributed by atoms with van der Waals surface area (Å²) in [4.78, 5) is 31.2. The molecule has 0 spiro atoms. The summed E-state index contributed by atoms with van der Waals surface area (Å²) in [6.07, 6.45) is 1.46. The lowest BCUT2D eigenvalue weighted by molar-refractivity contribution is -0.117. The van der Waals surface area contributed by atoms with E-state index in [-0.39, 0.29) is 11.8 Å². The molecule has 1 N–H and O–H groups in total. The number of nitrogens with zero attached hydrogens (tertiary/aromatic N) is 3. The number of piperazine rings is 1. The summed E-state index contributed by atoms with van der Waals surface area (Å²) in [7, 11) is 2.17. The second-order valence-electron chi connectivity index (χ2n) is 8.28. The predicted octanol–water partition coefficient (Wildman–Crippen LogP) is 2.49. The lowest BCUT2D eigenvalue weighted by Gasteiger charge is -2.32. The summed E-state index contributed by atoms with van der Waals surface area (Å²) in [6.45, 7) is 6.56. The number of rotatable bonds is 6. The SMILES string of the molecule is CN1CCN(Cc2cccc(CNC(=O)c3cccc(N4CCCC4=O)c3)c2)CC1. The van der Waals surface area contributed by atoms with Gasteiger partial charge in [-0.05, 0) is 42.8 Å². The number of amides is 2. The van der Waals surface area contributed by atoms with Crippen LogP contribution in [-0.2, 0) is 17.9 Å². The van der Waals surface area contributed by atoms with Crippen LogP contribution >= 0.6 is 0 Å². The van der Waals surface area contributed by atoms with E-state index in [1.165, 1.54) is 5.56 Å². The number of nitrogens with one attached hydrogen (secondary N) is 1. The molecule has 2 amide bonds. The average molecular weight is 407 g/mol. The molecular weight excluding hydrogens is 376 g/mol. The van der Waals surface area contributed by atoms with Crippen LogP contribution in [0.1, 0.15) is 34.3 Å². The Bertz CT molecular complexity index is 906. The normalized spacial score (nSPS) is 18.0. The van der Waals surface area contributed by atoms with Crippen molar-refractivity contribution in [3.63, 3.8) is 0 Å². The van der Waals surface area contributed by atoms with E-state index in [9.17, 15) is 9.59 Å². The second-order valence-corrected chi connectivity index (χ2v) is 8.28. The minimum absolute atomic E-state index is 0.118. The van der Waals surface area contributed by atoms with Crippen molar-refractivity contribution in [3.05, 3.63) is 65.2 Å². The third-order valence-corrected chi connectivity index (χ3v) is 5.94. The van der Waals surface area contributed by atoms with Crippen LogP contribution in [0.4, 0.5) is 5.69 Å². The van der Waals surface area contributed by atoms with Crippen LogP contribution in [0.2, 0.25) is 0 Å². The van der Waals surface area contributed by atoms with Gasteiger partial charge in [-0.15, -0.1) is 0 Å². The van der Waals surface area contributed by atoms with Crippen molar-refractivity contribution in [3.8, 4) is 0 Å². The number of hydrogen-bond acceptors (Lipinski definition) is 4. The molecule has 2 aromatic rings. The molecule has 30 heavy (non-hydrogen) atoms. The lowest BCUT2D eigenvalue weighted by Crippen LogP contribution is -2.43. The summed E-state index contributed by atoms with van der Waals surface area (Å²) < 4.78 is 0. The van der Waals surface area contributed by atoms with Gasteiger partial charge >= 0.3 is 0 Å². The van der Waals surface area contributed by atoms with Gasteiger partial charge in [0.2, 0.25) is 5.91 Å². The second kappa shape index (κ2) is 9.41. The maximum absolute atomic E-state index is 12.7.